The van der Waals surface area contributed by atoms with E-state index in [2.05, 4.69) is 20.8 Å². The topological polar surface area (TPSA) is 63.2 Å². The molecule has 0 radical (unpaired) electrons. The first-order valence-electron chi connectivity index (χ1n) is 8.78. The van der Waals surface area contributed by atoms with E-state index in [-0.39, 0.29) is 13.2 Å². The molecule has 0 bridgehead atoms. The molecule has 0 saturated heterocycles. The highest BCUT2D eigenvalue weighted by Gasteiger charge is 2.24. The van der Waals surface area contributed by atoms with E-state index < -0.39 is 14.5 Å². The number of rotatable bonds is 18. The van der Waals surface area contributed by atoms with Gasteiger partial charge < -0.3 is 14.2 Å². The Kier molecular flexibility index (Phi) is 18.2. The SMILES string of the molecule is CCCCOCCO[P+](=O)OCC(OCCCC)OCCCC. The third kappa shape index (κ3) is 16.5. The zero-order chi connectivity index (χ0) is 17.2. The summed E-state index contributed by atoms with van der Waals surface area (Å²) in [6.45, 7) is 9.02. The molecule has 0 aromatic carbocycles. The summed E-state index contributed by atoms with van der Waals surface area (Å²) in [6.07, 6.45) is 5.66. The molecule has 1 atom stereocenters. The van der Waals surface area contributed by atoms with Gasteiger partial charge in [0.1, 0.15) is 6.61 Å². The molecule has 0 aliphatic heterocycles. The van der Waals surface area contributed by atoms with Gasteiger partial charge in [0.2, 0.25) is 0 Å². The van der Waals surface area contributed by atoms with E-state index in [9.17, 15) is 4.57 Å². The number of ether oxygens (including phenoxy) is 3. The summed E-state index contributed by atoms with van der Waals surface area (Å²) in [7, 11) is -2.16. The van der Waals surface area contributed by atoms with Crippen molar-refractivity contribution in [3.63, 3.8) is 0 Å². The van der Waals surface area contributed by atoms with Crippen LogP contribution in [0.3, 0.4) is 0 Å². The third-order valence-corrected chi connectivity index (χ3v) is 3.74. The number of hydrogen-bond donors (Lipinski definition) is 0. The molecule has 0 rings (SSSR count). The van der Waals surface area contributed by atoms with E-state index >= 15 is 0 Å². The zero-order valence-electron chi connectivity index (χ0n) is 15.0. The molecule has 0 N–H and O–H groups in total. The molecule has 0 aromatic heterocycles. The molecule has 0 spiro atoms. The molecule has 0 saturated carbocycles. The van der Waals surface area contributed by atoms with Gasteiger partial charge in [-0.25, -0.2) is 0 Å². The largest absolute Gasteiger partial charge is 0.697 e. The van der Waals surface area contributed by atoms with Gasteiger partial charge in [-0.1, -0.05) is 40.0 Å². The van der Waals surface area contributed by atoms with Crippen LogP contribution in [0, 0.1) is 0 Å². The second-order valence-electron chi connectivity index (χ2n) is 5.20. The molecule has 0 aromatic rings. The van der Waals surface area contributed by atoms with E-state index in [4.69, 9.17) is 23.3 Å². The van der Waals surface area contributed by atoms with Crippen molar-refractivity contribution in [1.29, 1.82) is 0 Å². The highest BCUT2D eigenvalue weighted by molar-refractivity contribution is 7.33. The van der Waals surface area contributed by atoms with Crippen LogP contribution in [-0.4, -0.2) is 45.9 Å². The molecule has 23 heavy (non-hydrogen) atoms. The predicted octanol–water partition coefficient (Wildman–Crippen LogP) is 4.45. The van der Waals surface area contributed by atoms with Crippen LogP contribution < -0.4 is 0 Å². The van der Waals surface area contributed by atoms with Crippen molar-refractivity contribution >= 4 is 8.25 Å². The lowest BCUT2D eigenvalue weighted by Crippen LogP contribution is -2.23. The van der Waals surface area contributed by atoms with Gasteiger partial charge in [0.15, 0.2) is 12.9 Å². The zero-order valence-corrected chi connectivity index (χ0v) is 15.9. The first kappa shape index (κ1) is 22.9. The van der Waals surface area contributed by atoms with Crippen molar-refractivity contribution in [2.24, 2.45) is 0 Å². The Labute approximate surface area is 142 Å². The van der Waals surface area contributed by atoms with Crippen molar-refractivity contribution in [1.82, 2.24) is 0 Å². The average Bonchev–Trinajstić information content (AvgIpc) is 2.55. The fourth-order valence-electron chi connectivity index (χ4n) is 1.54. The summed E-state index contributed by atoms with van der Waals surface area (Å²) in [5.41, 5.74) is 0. The van der Waals surface area contributed by atoms with E-state index in [0.29, 0.717) is 26.4 Å². The van der Waals surface area contributed by atoms with Crippen LogP contribution in [0.5, 0.6) is 0 Å². The monoisotopic (exact) mass is 353 g/mol. The first-order chi connectivity index (χ1) is 11.2. The van der Waals surface area contributed by atoms with Crippen molar-refractivity contribution in [3.8, 4) is 0 Å². The molecular formula is C16H34O6P+. The van der Waals surface area contributed by atoms with Gasteiger partial charge in [-0.15, -0.1) is 9.05 Å². The Morgan fingerprint density at radius 3 is 1.87 bits per heavy atom. The standard InChI is InChI=1S/C16H34O6P/c1-4-7-10-18-13-14-21-23(17)22-15-16(19-11-8-5-2)20-12-9-6-3/h16H,4-15H2,1-3H3/q+1. The van der Waals surface area contributed by atoms with E-state index in [1.165, 1.54) is 0 Å². The molecular weight excluding hydrogens is 319 g/mol. The molecule has 138 valence electrons. The van der Waals surface area contributed by atoms with Gasteiger partial charge in [0.05, 0.1) is 6.61 Å². The Morgan fingerprint density at radius 2 is 1.30 bits per heavy atom. The Bertz CT molecular complexity index is 255. The maximum atomic E-state index is 11.6. The van der Waals surface area contributed by atoms with Crippen LogP contribution in [0.15, 0.2) is 0 Å². The minimum atomic E-state index is -2.16. The van der Waals surface area contributed by atoms with Gasteiger partial charge in [-0.2, -0.15) is 0 Å². The molecule has 7 heteroatoms. The summed E-state index contributed by atoms with van der Waals surface area (Å²) >= 11 is 0. The van der Waals surface area contributed by atoms with Gasteiger partial charge >= 0.3 is 8.25 Å². The molecule has 0 aliphatic carbocycles. The molecule has 0 heterocycles. The van der Waals surface area contributed by atoms with Crippen LogP contribution in [0.2, 0.25) is 0 Å². The van der Waals surface area contributed by atoms with Crippen LogP contribution in [0.25, 0.3) is 0 Å². The normalized spacial score (nSPS) is 12.1. The summed E-state index contributed by atoms with van der Waals surface area (Å²) in [5, 5.41) is 0. The van der Waals surface area contributed by atoms with Crippen LogP contribution in [-0.2, 0) is 27.8 Å². The van der Waals surface area contributed by atoms with Crippen LogP contribution in [0.4, 0.5) is 0 Å². The smallest absolute Gasteiger partial charge is 0.379 e. The van der Waals surface area contributed by atoms with Crippen LogP contribution >= 0.6 is 8.25 Å². The summed E-state index contributed by atoms with van der Waals surface area (Å²) in [5.74, 6) is 0. The molecule has 0 aliphatic rings. The summed E-state index contributed by atoms with van der Waals surface area (Å²) < 4.78 is 38.4. The summed E-state index contributed by atoms with van der Waals surface area (Å²) in [4.78, 5) is 0. The lowest BCUT2D eigenvalue weighted by molar-refractivity contribution is -0.159. The second kappa shape index (κ2) is 18.2. The lowest BCUT2D eigenvalue weighted by Gasteiger charge is -2.15. The number of unbranched alkanes of at least 4 members (excludes halogenated alkanes) is 3. The van der Waals surface area contributed by atoms with Gasteiger partial charge in [0.25, 0.3) is 0 Å². The predicted molar refractivity (Wildman–Crippen MR) is 90.7 cm³/mol. The molecule has 1 unspecified atom stereocenters. The number of hydrogen-bond acceptors (Lipinski definition) is 6. The van der Waals surface area contributed by atoms with E-state index in [0.717, 1.165) is 38.5 Å². The first-order valence-corrected chi connectivity index (χ1v) is 9.88. The highest BCUT2D eigenvalue weighted by atomic mass is 31.1. The Morgan fingerprint density at radius 1 is 0.739 bits per heavy atom. The quantitative estimate of drug-likeness (QED) is 0.206. The highest BCUT2D eigenvalue weighted by Crippen LogP contribution is 2.24. The fraction of sp³-hybridized carbons (Fsp3) is 1.00. The lowest BCUT2D eigenvalue weighted by atomic mass is 10.3. The Hall–Kier alpha value is -0.100. The second-order valence-corrected chi connectivity index (χ2v) is 6.16. The molecule has 0 amide bonds. The maximum absolute atomic E-state index is 11.6. The van der Waals surface area contributed by atoms with Gasteiger partial charge in [0, 0.05) is 24.4 Å². The third-order valence-electron chi connectivity index (χ3n) is 2.99. The molecule has 6 nitrogen and oxygen atoms in total. The molecule has 0 fully saturated rings. The van der Waals surface area contributed by atoms with Crippen molar-refractivity contribution < 1.29 is 27.8 Å². The maximum Gasteiger partial charge on any atom is 0.697 e. The van der Waals surface area contributed by atoms with Crippen LogP contribution in [0.1, 0.15) is 59.3 Å². The average molecular weight is 353 g/mol. The van der Waals surface area contributed by atoms with Gasteiger partial charge in [-0.3, -0.25) is 0 Å². The fourth-order valence-corrected chi connectivity index (χ4v) is 2.08. The minimum absolute atomic E-state index is 0.110. The van der Waals surface area contributed by atoms with Crippen molar-refractivity contribution in [2.75, 3.05) is 39.6 Å². The van der Waals surface area contributed by atoms with E-state index in [1.54, 1.807) is 0 Å². The Balaban J connectivity index is 3.76. The summed E-state index contributed by atoms with van der Waals surface area (Å²) in [6, 6.07) is 0. The van der Waals surface area contributed by atoms with E-state index in [1.807, 2.05) is 0 Å². The van der Waals surface area contributed by atoms with Crippen molar-refractivity contribution in [3.05, 3.63) is 0 Å². The minimum Gasteiger partial charge on any atom is -0.379 e. The van der Waals surface area contributed by atoms with Crippen molar-refractivity contribution in [2.45, 2.75) is 65.6 Å². The van der Waals surface area contributed by atoms with Gasteiger partial charge in [-0.05, 0) is 19.3 Å².